The number of amides is 1. The summed E-state index contributed by atoms with van der Waals surface area (Å²) in [6.45, 7) is -3.39. The number of aromatic nitrogens is 1. The number of halogens is 7. The molecule has 0 bridgehead atoms. The molecular formula is C18H19F7N3O3P. The molecule has 0 spiro atoms. The second-order valence-corrected chi connectivity index (χ2v) is 7.04. The lowest BCUT2D eigenvalue weighted by Gasteiger charge is -2.15. The predicted octanol–water partition coefficient (Wildman–Crippen LogP) is 3.37. The van der Waals surface area contributed by atoms with Gasteiger partial charge in [0.2, 0.25) is 0 Å². The summed E-state index contributed by atoms with van der Waals surface area (Å²) in [6, 6.07) is 1.73. The van der Waals surface area contributed by atoms with Crippen LogP contribution >= 0.6 is 9.24 Å². The summed E-state index contributed by atoms with van der Waals surface area (Å²) in [5.41, 5.74) is -3.75. The Hall–Kier alpha value is -2.40. The summed E-state index contributed by atoms with van der Waals surface area (Å²) < 4.78 is 95.2. The maximum atomic E-state index is 13.4. The average molecular weight is 489 g/mol. The van der Waals surface area contributed by atoms with Crippen LogP contribution in [0.1, 0.15) is 22.5 Å². The Bertz CT molecular complexity index is 1010. The number of aromatic amines is 1. The van der Waals surface area contributed by atoms with Gasteiger partial charge in [-0.15, -0.1) is 9.24 Å². The number of ether oxygens (including phenoxy) is 1. The molecule has 1 atom stereocenters. The fourth-order valence-electron chi connectivity index (χ4n) is 2.70. The third-order valence-electron chi connectivity index (χ3n) is 4.24. The van der Waals surface area contributed by atoms with E-state index in [2.05, 4.69) is 20.4 Å². The van der Waals surface area contributed by atoms with Gasteiger partial charge in [0.05, 0.1) is 11.1 Å². The summed E-state index contributed by atoms with van der Waals surface area (Å²) in [5.74, 6) is -4.62. The Morgan fingerprint density at radius 3 is 2.38 bits per heavy atom. The van der Waals surface area contributed by atoms with Crippen molar-refractivity contribution in [3.8, 4) is 5.75 Å². The number of pyridine rings is 1. The highest BCUT2D eigenvalue weighted by Gasteiger charge is 2.35. The molecule has 0 aliphatic carbocycles. The maximum absolute atomic E-state index is 13.4. The van der Waals surface area contributed by atoms with Crippen molar-refractivity contribution < 1.29 is 40.3 Å². The molecule has 0 saturated carbocycles. The monoisotopic (exact) mass is 489 g/mol. The van der Waals surface area contributed by atoms with Gasteiger partial charge >= 0.3 is 12.8 Å². The highest BCUT2D eigenvalue weighted by atomic mass is 31.0. The second-order valence-electron chi connectivity index (χ2n) is 6.63. The lowest BCUT2D eigenvalue weighted by Crippen LogP contribution is -2.34. The van der Waals surface area contributed by atoms with E-state index in [0.717, 1.165) is 6.07 Å². The molecule has 2 aromatic rings. The topological polar surface area (TPSA) is 83.2 Å². The summed E-state index contributed by atoms with van der Waals surface area (Å²) in [4.78, 5) is 26.7. The van der Waals surface area contributed by atoms with Crippen molar-refractivity contribution >= 4 is 26.0 Å². The molecule has 6 nitrogen and oxygen atoms in total. The van der Waals surface area contributed by atoms with E-state index in [-0.39, 0.29) is 19.6 Å². The van der Waals surface area contributed by atoms with E-state index >= 15 is 0 Å². The molecule has 3 N–H and O–H groups in total. The van der Waals surface area contributed by atoms with E-state index in [0.29, 0.717) is 12.1 Å². The van der Waals surface area contributed by atoms with Gasteiger partial charge in [-0.1, -0.05) is 0 Å². The minimum atomic E-state index is -5.04. The molecule has 1 amide bonds. The largest absolute Gasteiger partial charge is 0.435 e. The molecule has 1 aromatic heterocycles. The highest BCUT2D eigenvalue weighted by Crippen LogP contribution is 2.36. The van der Waals surface area contributed by atoms with Gasteiger partial charge in [-0.3, -0.25) is 9.59 Å². The Morgan fingerprint density at radius 1 is 1.09 bits per heavy atom. The number of hydrogen-bond donors (Lipinski definition) is 3. The van der Waals surface area contributed by atoms with Crippen LogP contribution in [0.4, 0.5) is 30.7 Å². The summed E-state index contributed by atoms with van der Waals surface area (Å²) in [5, 5.41) is 4.41. The first-order valence-electron chi connectivity index (χ1n) is 9.14. The number of hydrogen-bond acceptors (Lipinski definition) is 4. The van der Waals surface area contributed by atoms with Crippen LogP contribution in [0.2, 0.25) is 0 Å². The van der Waals surface area contributed by atoms with Gasteiger partial charge in [0.15, 0.2) is 5.43 Å². The Balaban J connectivity index is 2.17. The number of benzene rings is 1. The molecule has 1 aromatic carbocycles. The first-order valence-corrected chi connectivity index (χ1v) is 9.95. The van der Waals surface area contributed by atoms with Gasteiger partial charge in [0, 0.05) is 43.7 Å². The van der Waals surface area contributed by atoms with Gasteiger partial charge in [-0.05, 0) is 12.1 Å². The van der Waals surface area contributed by atoms with Crippen LogP contribution in [-0.4, -0.2) is 49.2 Å². The standard InChI is InChI=1S/C18H19F7N3O3P/c19-16(20)31-9-5-10-13(29)7-12(28-14(10)11(6-9)18(23,24)25)15(30)27-4-3-26-2-1-17(21,22)8-32/h5-7,16,26H,1-4,8,32H2,(H,27,30)(H,28,29). The first-order chi connectivity index (χ1) is 14.8. The molecule has 14 heteroatoms. The lowest BCUT2D eigenvalue weighted by atomic mass is 10.1. The summed E-state index contributed by atoms with van der Waals surface area (Å²) in [7, 11) is 1.94. The fourth-order valence-corrected chi connectivity index (χ4v) is 2.90. The number of carbonyl (C=O) groups is 1. The molecule has 32 heavy (non-hydrogen) atoms. The number of alkyl halides is 7. The van der Waals surface area contributed by atoms with Gasteiger partial charge in [0.25, 0.3) is 11.8 Å². The first kappa shape index (κ1) is 25.9. The van der Waals surface area contributed by atoms with Crippen LogP contribution in [0.25, 0.3) is 10.9 Å². The molecule has 1 heterocycles. The SMILES string of the molecule is O=C(NCCNCCC(F)(F)CP)c1cc(=O)c2cc(OC(F)F)cc(C(F)(F)F)c2[nH]1. The zero-order valence-corrected chi connectivity index (χ0v) is 17.4. The molecule has 178 valence electrons. The van der Waals surface area contributed by atoms with Crippen molar-refractivity contribution in [1.82, 2.24) is 15.6 Å². The number of H-pyrrole nitrogens is 1. The summed E-state index contributed by atoms with van der Waals surface area (Å²) >= 11 is 0. The smallest absolute Gasteiger partial charge is 0.418 e. The Morgan fingerprint density at radius 2 is 1.78 bits per heavy atom. The Labute approximate surface area is 179 Å². The predicted molar refractivity (Wildman–Crippen MR) is 106 cm³/mol. The second kappa shape index (κ2) is 10.5. The van der Waals surface area contributed by atoms with Crippen molar-refractivity contribution in [3.05, 3.63) is 39.7 Å². The van der Waals surface area contributed by atoms with E-state index in [4.69, 9.17) is 0 Å². The van der Waals surface area contributed by atoms with Crippen LogP contribution in [-0.2, 0) is 6.18 Å². The van der Waals surface area contributed by atoms with E-state index in [1.54, 1.807) is 0 Å². The molecule has 0 saturated heterocycles. The molecular weight excluding hydrogens is 470 g/mol. The van der Waals surface area contributed by atoms with E-state index in [1.807, 2.05) is 9.24 Å². The molecule has 2 rings (SSSR count). The highest BCUT2D eigenvalue weighted by molar-refractivity contribution is 7.16. The normalized spacial score (nSPS) is 12.4. The van der Waals surface area contributed by atoms with Crippen LogP contribution in [0.3, 0.4) is 0 Å². The number of carbonyl (C=O) groups excluding carboxylic acids is 1. The average Bonchev–Trinajstić information content (AvgIpc) is 2.69. The lowest BCUT2D eigenvalue weighted by molar-refractivity contribution is -0.136. The van der Waals surface area contributed by atoms with Gasteiger partial charge in [0.1, 0.15) is 11.4 Å². The number of fused-ring (bicyclic) bond motifs is 1. The quantitative estimate of drug-likeness (QED) is 0.272. The van der Waals surface area contributed by atoms with Crippen LogP contribution in [0, 0.1) is 0 Å². The third-order valence-corrected chi connectivity index (χ3v) is 4.84. The fraction of sp³-hybridized carbons (Fsp3) is 0.444. The van der Waals surface area contributed by atoms with Gasteiger partial charge < -0.3 is 20.4 Å². The molecule has 0 aliphatic rings. The maximum Gasteiger partial charge on any atom is 0.418 e. The Kier molecular flexibility index (Phi) is 8.47. The zero-order valence-electron chi connectivity index (χ0n) is 16.3. The van der Waals surface area contributed by atoms with E-state index in [9.17, 15) is 40.3 Å². The van der Waals surface area contributed by atoms with Crippen molar-refractivity contribution in [2.24, 2.45) is 0 Å². The van der Waals surface area contributed by atoms with Crippen LogP contribution < -0.4 is 20.8 Å². The summed E-state index contributed by atoms with van der Waals surface area (Å²) in [6.07, 6.45) is -5.85. The van der Waals surface area contributed by atoms with Crippen molar-refractivity contribution in [2.75, 3.05) is 25.8 Å². The molecule has 1 unspecified atom stereocenters. The van der Waals surface area contributed by atoms with Crippen molar-refractivity contribution in [3.63, 3.8) is 0 Å². The van der Waals surface area contributed by atoms with E-state index < -0.39 is 70.5 Å². The van der Waals surface area contributed by atoms with Crippen LogP contribution in [0.5, 0.6) is 5.75 Å². The zero-order chi connectivity index (χ0) is 24.1. The molecule has 0 fully saturated rings. The van der Waals surface area contributed by atoms with E-state index in [1.165, 1.54) is 0 Å². The number of nitrogens with one attached hydrogen (secondary N) is 3. The minimum Gasteiger partial charge on any atom is -0.435 e. The van der Waals surface area contributed by atoms with Gasteiger partial charge in [-0.2, -0.15) is 22.0 Å². The number of rotatable bonds is 10. The molecule has 0 aliphatic heterocycles. The van der Waals surface area contributed by atoms with Crippen molar-refractivity contribution in [1.29, 1.82) is 0 Å². The van der Waals surface area contributed by atoms with Crippen LogP contribution in [0.15, 0.2) is 23.0 Å². The van der Waals surface area contributed by atoms with Crippen molar-refractivity contribution in [2.45, 2.75) is 25.1 Å². The van der Waals surface area contributed by atoms with Gasteiger partial charge in [-0.25, -0.2) is 8.78 Å². The third kappa shape index (κ3) is 7.06. The molecule has 0 radical (unpaired) electrons. The minimum absolute atomic E-state index is 0.0258.